The maximum atomic E-state index is 12.2. The molecule has 0 unspecified atom stereocenters. The average Bonchev–Trinajstić information content (AvgIpc) is 2.60. The molecule has 2 nitrogen and oxygen atoms in total. The maximum absolute atomic E-state index is 12.2. The van der Waals surface area contributed by atoms with E-state index < -0.39 is 7.37 Å². The molecule has 92 valence electrons. The second-order valence-electron chi connectivity index (χ2n) is 3.99. The van der Waals surface area contributed by atoms with E-state index in [9.17, 15) is 4.57 Å². The molecule has 0 aliphatic carbocycles. The van der Waals surface area contributed by atoms with Crippen LogP contribution in [-0.4, -0.2) is 13.3 Å². The Morgan fingerprint density at radius 3 is 2.94 bits per heavy atom. The number of hydrogen-bond acceptors (Lipinski definition) is 3. The van der Waals surface area contributed by atoms with Crippen molar-refractivity contribution in [2.24, 2.45) is 0 Å². The van der Waals surface area contributed by atoms with E-state index in [0.717, 1.165) is 10.9 Å². The van der Waals surface area contributed by atoms with Crippen molar-refractivity contribution in [1.29, 1.82) is 0 Å². The average molecular weight is 289 g/mol. The Labute approximate surface area is 110 Å². The zero-order valence-corrected chi connectivity index (χ0v) is 12.2. The molecule has 0 fully saturated rings. The normalized spacial score (nSPS) is 15.0. The maximum Gasteiger partial charge on any atom is 0.204 e. The first-order chi connectivity index (χ1) is 8.02. The van der Waals surface area contributed by atoms with Crippen LogP contribution in [0.15, 0.2) is 23.6 Å². The molecule has 0 radical (unpaired) electrons. The molecule has 2 rings (SSSR count). The molecule has 0 bridgehead atoms. The fourth-order valence-electron chi connectivity index (χ4n) is 1.80. The molecule has 0 aliphatic heterocycles. The lowest BCUT2D eigenvalue weighted by Gasteiger charge is -2.11. The summed E-state index contributed by atoms with van der Waals surface area (Å²) in [6.45, 7) is 4.03. The molecule has 1 aromatic carbocycles. The largest absolute Gasteiger partial charge is 0.329 e. The van der Waals surface area contributed by atoms with Gasteiger partial charge in [-0.3, -0.25) is 4.57 Å². The lowest BCUT2D eigenvalue weighted by molar-refractivity contribution is 0.336. The summed E-state index contributed by atoms with van der Waals surface area (Å²) in [5.41, 5.74) is 1.06. The summed E-state index contributed by atoms with van der Waals surface area (Å²) in [6, 6.07) is 5.79. The Balaban J connectivity index is 2.36. The lowest BCUT2D eigenvalue weighted by Crippen LogP contribution is -1.91. The molecular weight excluding hydrogens is 275 g/mol. The molecule has 1 aromatic heterocycles. The van der Waals surface area contributed by atoms with Crippen molar-refractivity contribution in [3.8, 4) is 0 Å². The molecule has 5 heteroatoms. The van der Waals surface area contributed by atoms with Gasteiger partial charge >= 0.3 is 0 Å². The predicted molar refractivity (Wildman–Crippen MR) is 75.7 cm³/mol. The first-order valence-electron chi connectivity index (χ1n) is 5.38. The summed E-state index contributed by atoms with van der Waals surface area (Å²) in [6.07, 6.45) is 0.473. The van der Waals surface area contributed by atoms with Gasteiger partial charge < -0.3 is 4.52 Å². The minimum atomic E-state index is -2.54. The number of fused-ring (bicyclic) bond motifs is 1. The van der Waals surface area contributed by atoms with Gasteiger partial charge in [-0.05, 0) is 41.5 Å². The smallest absolute Gasteiger partial charge is 0.204 e. The highest BCUT2D eigenvalue weighted by atomic mass is 35.5. The topological polar surface area (TPSA) is 26.3 Å². The molecule has 17 heavy (non-hydrogen) atoms. The Morgan fingerprint density at radius 2 is 2.24 bits per heavy atom. The van der Waals surface area contributed by atoms with Crippen molar-refractivity contribution in [1.82, 2.24) is 0 Å². The van der Waals surface area contributed by atoms with E-state index in [-0.39, 0.29) is 0 Å². The van der Waals surface area contributed by atoms with Crippen molar-refractivity contribution in [2.75, 3.05) is 13.3 Å². The molecule has 0 saturated carbocycles. The van der Waals surface area contributed by atoms with E-state index in [0.29, 0.717) is 17.8 Å². The van der Waals surface area contributed by atoms with Gasteiger partial charge in [-0.15, -0.1) is 11.3 Å². The van der Waals surface area contributed by atoms with E-state index in [4.69, 9.17) is 16.1 Å². The minimum Gasteiger partial charge on any atom is -0.329 e. The molecule has 1 atom stereocenters. The van der Waals surface area contributed by atoms with Crippen LogP contribution in [-0.2, 0) is 15.3 Å². The molecular formula is C12H14ClO2PS. The summed E-state index contributed by atoms with van der Waals surface area (Å²) in [7, 11) is -2.54. The van der Waals surface area contributed by atoms with Crippen LogP contribution in [0.5, 0.6) is 0 Å². The molecule has 0 amide bonds. The van der Waals surface area contributed by atoms with Gasteiger partial charge in [-0.25, -0.2) is 0 Å². The van der Waals surface area contributed by atoms with Gasteiger partial charge in [-0.1, -0.05) is 11.6 Å². The number of benzene rings is 1. The third kappa shape index (κ3) is 3.11. The fourth-order valence-corrected chi connectivity index (χ4v) is 4.56. The number of thiophene rings is 1. The van der Waals surface area contributed by atoms with Crippen LogP contribution < -0.4 is 0 Å². The van der Waals surface area contributed by atoms with Crippen LogP contribution in [0.3, 0.4) is 0 Å². The van der Waals surface area contributed by atoms with E-state index >= 15 is 0 Å². The SMILES string of the molecule is CCO[P@@](C)(=O)Cc1csc2ccc(Cl)cc12. The van der Waals surface area contributed by atoms with Crippen LogP contribution in [0, 0.1) is 0 Å². The lowest BCUT2D eigenvalue weighted by atomic mass is 10.2. The summed E-state index contributed by atoms with van der Waals surface area (Å²) in [4.78, 5) is 0. The molecule has 0 N–H and O–H groups in total. The third-order valence-corrected chi connectivity index (χ3v) is 5.44. The molecule has 0 aliphatic rings. The van der Waals surface area contributed by atoms with E-state index in [1.54, 1.807) is 18.0 Å². The Bertz CT molecular complexity index is 579. The van der Waals surface area contributed by atoms with Gasteiger partial charge in [0, 0.05) is 16.4 Å². The van der Waals surface area contributed by atoms with Gasteiger partial charge in [0.1, 0.15) is 0 Å². The van der Waals surface area contributed by atoms with Crippen molar-refractivity contribution in [3.63, 3.8) is 0 Å². The van der Waals surface area contributed by atoms with Crippen molar-refractivity contribution in [2.45, 2.75) is 13.1 Å². The summed E-state index contributed by atoms with van der Waals surface area (Å²) in [5.74, 6) is 0. The second-order valence-corrected chi connectivity index (χ2v) is 7.94. The number of rotatable bonds is 4. The third-order valence-electron chi connectivity index (χ3n) is 2.48. The van der Waals surface area contributed by atoms with E-state index in [2.05, 4.69) is 0 Å². The zero-order valence-electron chi connectivity index (χ0n) is 9.77. The van der Waals surface area contributed by atoms with E-state index in [1.165, 1.54) is 4.70 Å². The van der Waals surface area contributed by atoms with Crippen molar-refractivity contribution >= 4 is 40.4 Å². The van der Waals surface area contributed by atoms with Gasteiger partial charge in [-0.2, -0.15) is 0 Å². The summed E-state index contributed by atoms with van der Waals surface area (Å²) >= 11 is 7.63. The quantitative estimate of drug-likeness (QED) is 0.740. The highest BCUT2D eigenvalue weighted by Gasteiger charge is 2.18. The van der Waals surface area contributed by atoms with Gasteiger partial charge in [0.25, 0.3) is 0 Å². The first-order valence-corrected chi connectivity index (χ1v) is 8.90. The monoisotopic (exact) mass is 288 g/mol. The van der Waals surface area contributed by atoms with Crippen LogP contribution in [0.25, 0.3) is 10.1 Å². The second kappa shape index (κ2) is 5.11. The van der Waals surface area contributed by atoms with Crippen LogP contribution in [0.2, 0.25) is 5.02 Å². The van der Waals surface area contributed by atoms with Crippen molar-refractivity contribution in [3.05, 3.63) is 34.2 Å². The Morgan fingerprint density at radius 1 is 1.47 bits per heavy atom. The van der Waals surface area contributed by atoms with Gasteiger partial charge in [0.05, 0.1) is 12.8 Å². The minimum absolute atomic E-state index is 0.473. The van der Waals surface area contributed by atoms with Crippen LogP contribution in [0.1, 0.15) is 12.5 Å². The van der Waals surface area contributed by atoms with Gasteiger partial charge in [0.2, 0.25) is 7.37 Å². The Kier molecular flexibility index (Phi) is 3.94. The highest BCUT2D eigenvalue weighted by molar-refractivity contribution is 7.57. The molecule has 0 saturated heterocycles. The van der Waals surface area contributed by atoms with E-state index in [1.807, 2.05) is 30.5 Å². The number of hydrogen-bond donors (Lipinski definition) is 0. The molecule has 2 aromatic rings. The van der Waals surface area contributed by atoms with Crippen LogP contribution in [0.4, 0.5) is 0 Å². The standard InChI is InChI=1S/C12H14ClO2PS/c1-3-15-16(2,14)7-9-8-17-12-5-4-10(13)6-11(9)12/h4-6,8H,3,7H2,1-2H3/t16-/m1/s1. The van der Waals surface area contributed by atoms with Crippen LogP contribution >= 0.6 is 30.3 Å². The summed E-state index contributed by atoms with van der Waals surface area (Å²) in [5, 5.41) is 3.83. The fraction of sp³-hybridized carbons (Fsp3) is 0.333. The predicted octanol–water partition coefficient (Wildman–Crippen LogP) is 5.00. The Hall–Kier alpha value is -0.340. The molecule has 0 spiro atoms. The first kappa shape index (κ1) is 13.1. The van der Waals surface area contributed by atoms with Crippen molar-refractivity contribution < 1.29 is 9.09 Å². The summed E-state index contributed by atoms with van der Waals surface area (Å²) < 4.78 is 18.6. The zero-order chi connectivity index (χ0) is 12.5. The molecule has 1 heterocycles. The highest BCUT2D eigenvalue weighted by Crippen LogP contribution is 2.48. The number of halogens is 1. The van der Waals surface area contributed by atoms with Gasteiger partial charge in [0.15, 0.2) is 0 Å².